The highest BCUT2D eigenvalue weighted by Crippen LogP contribution is 2.21. The molecule has 2 aromatic heterocycles. The molecule has 0 saturated heterocycles. The van der Waals surface area contributed by atoms with Crippen LogP contribution in [0.15, 0.2) is 40.8 Å². The first-order chi connectivity index (χ1) is 12.6. The maximum atomic E-state index is 12.7. The van der Waals surface area contributed by atoms with Gasteiger partial charge in [-0.25, -0.2) is 9.78 Å². The SMILES string of the molecule is CCOC(=O)c1csc2ncn(CCCOc3ccc(C)cc3)c(=O)c12. The van der Waals surface area contributed by atoms with Crippen LogP contribution in [0.3, 0.4) is 0 Å². The normalized spacial score (nSPS) is 10.8. The van der Waals surface area contributed by atoms with E-state index in [9.17, 15) is 9.59 Å². The molecule has 0 unspecified atom stereocenters. The highest BCUT2D eigenvalue weighted by atomic mass is 32.1. The van der Waals surface area contributed by atoms with E-state index >= 15 is 0 Å². The standard InChI is InChI=1S/C19H20N2O4S/c1-3-24-19(23)15-11-26-17-16(15)18(22)21(12-20-17)9-4-10-25-14-7-5-13(2)6-8-14/h5-8,11-12H,3-4,9-10H2,1-2H3. The van der Waals surface area contributed by atoms with Crippen LogP contribution in [0.4, 0.5) is 0 Å². The molecule has 1 aromatic carbocycles. The summed E-state index contributed by atoms with van der Waals surface area (Å²) in [6.07, 6.45) is 2.17. The Morgan fingerprint density at radius 2 is 2.04 bits per heavy atom. The summed E-state index contributed by atoms with van der Waals surface area (Å²) in [6.45, 7) is 4.97. The summed E-state index contributed by atoms with van der Waals surface area (Å²) in [5, 5.41) is 1.96. The Morgan fingerprint density at radius 3 is 2.77 bits per heavy atom. The van der Waals surface area contributed by atoms with Crippen molar-refractivity contribution in [2.45, 2.75) is 26.8 Å². The number of carbonyl (C=O) groups is 1. The molecule has 0 N–H and O–H groups in total. The molecule has 2 heterocycles. The zero-order valence-electron chi connectivity index (χ0n) is 14.7. The Labute approximate surface area is 155 Å². The van der Waals surface area contributed by atoms with E-state index in [1.165, 1.54) is 27.8 Å². The molecule has 0 bridgehead atoms. The lowest BCUT2D eigenvalue weighted by Gasteiger charge is -2.08. The lowest BCUT2D eigenvalue weighted by molar-refractivity contribution is 0.0529. The van der Waals surface area contributed by atoms with Crippen molar-refractivity contribution in [3.63, 3.8) is 0 Å². The number of fused-ring (bicyclic) bond motifs is 1. The maximum absolute atomic E-state index is 12.7. The number of esters is 1. The summed E-state index contributed by atoms with van der Waals surface area (Å²) < 4.78 is 12.2. The Morgan fingerprint density at radius 1 is 1.27 bits per heavy atom. The Hall–Kier alpha value is -2.67. The maximum Gasteiger partial charge on any atom is 0.339 e. The fourth-order valence-corrected chi connectivity index (χ4v) is 3.41. The number of carbonyl (C=O) groups excluding carboxylic acids is 1. The van der Waals surface area contributed by atoms with Crippen molar-refractivity contribution in [2.75, 3.05) is 13.2 Å². The fourth-order valence-electron chi connectivity index (χ4n) is 2.55. The molecule has 6 nitrogen and oxygen atoms in total. The van der Waals surface area contributed by atoms with Crippen molar-refractivity contribution in [2.24, 2.45) is 0 Å². The zero-order chi connectivity index (χ0) is 18.5. The van der Waals surface area contributed by atoms with Crippen molar-refractivity contribution < 1.29 is 14.3 Å². The van der Waals surface area contributed by atoms with Crippen LogP contribution in [0, 0.1) is 6.92 Å². The number of rotatable bonds is 7. The lowest BCUT2D eigenvalue weighted by atomic mass is 10.2. The zero-order valence-corrected chi connectivity index (χ0v) is 15.5. The van der Waals surface area contributed by atoms with E-state index < -0.39 is 5.97 Å². The second kappa shape index (κ2) is 8.14. The van der Waals surface area contributed by atoms with E-state index in [1.54, 1.807) is 12.3 Å². The Bertz CT molecular complexity index is 960. The summed E-state index contributed by atoms with van der Waals surface area (Å²) in [7, 11) is 0. The summed E-state index contributed by atoms with van der Waals surface area (Å²) in [5.74, 6) is 0.317. The second-order valence-corrected chi connectivity index (χ2v) is 6.67. The number of aryl methyl sites for hydroxylation is 2. The minimum atomic E-state index is -0.488. The number of ether oxygens (including phenoxy) is 2. The summed E-state index contributed by atoms with van der Waals surface area (Å²) >= 11 is 1.27. The van der Waals surface area contributed by atoms with Gasteiger partial charge in [0.25, 0.3) is 5.56 Å². The van der Waals surface area contributed by atoms with Crippen LogP contribution >= 0.6 is 11.3 Å². The quantitative estimate of drug-likeness (QED) is 0.469. The molecular weight excluding hydrogens is 352 g/mol. The molecule has 0 saturated carbocycles. The first-order valence-electron chi connectivity index (χ1n) is 8.43. The van der Waals surface area contributed by atoms with Gasteiger partial charge in [0.1, 0.15) is 10.6 Å². The third-order valence-electron chi connectivity index (χ3n) is 3.89. The number of benzene rings is 1. The van der Waals surface area contributed by atoms with Crippen LogP contribution in [-0.2, 0) is 11.3 Å². The molecule has 7 heteroatoms. The minimum absolute atomic E-state index is 0.227. The number of aromatic nitrogens is 2. The highest BCUT2D eigenvalue weighted by Gasteiger charge is 2.18. The van der Waals surface area contributed by atoms with E-state index in [4.69, 9.17) is 9.47 Å². The Balaban J connectivity index is 1.69. The Kier molecular flexibility index (Phi) is 5.68. The molecular formula is C19H20N2O4S. The topological polar surface area (TPSA) is 70.4 Å². The third kappa shape index (κ3) is 3.94. The molecule has 0 aliphatic heterocycles. The molecule has 0 aliphatic rings. The van der Waals surface area contributed by atoms with Gasteiger partial charge in [-0.1, -0.05) is 17.7 Å². The average molecular weight is 372 g/mol. The third-order valence-corrected chi connectivity index (χ3v) is 4.78. The molecule has 3 aromatic rings. The van der Waals surface area contributed by atoms with Gasteiger partial charge in [0.05, 0.1) is 30.5 Å². The predicted octanol–water partition coefficient (Wildman–Crippen LogP) is 3.41. The second-order valence-electron chi connectivity index (χ2n) is 5.81. The van der Waals surface area contributed by atoms with E-state index in [-0.39, 0.29) is 17.7 Å². The van der Waals surface area contributed by atoms with Gasteiger partial charge >= 0.3 is 5.97 Å². The number of nitrogens with zero attached hydrogens (tertiary/aromatic N) is 2. The molecule has 0 atom stereocenters. The van der Waals surface area contributed by atoms with Gasteiger partial charge in [0.15, 0.2) is 0 Å². The van der Waals surface area contributed by atoms with Gasteiger partial charge < -0.3 is 9.47 Å². The first kappa shape index (κ1) is 18.1. The van der Waals surface area contributed by atoms with Crippen molar-refractivity contribution >= 4 is 27.5 Å². The van der Waals surface area contributed by atoms with Crippen LogP contribution in [0.5, 0.6) is 5.75 Å². The largest absolute Gasteiger partial charge is 0.494 e. The average Bonchev–Trinajstić information content (AvgIpc) is 3.07. The van der Waals surface area contributed by atoms with E-state index in [0.29, 0.717) is 29.8 Å². The lowest BCUT2D eigenvalue weighted by Crippen LogP contribution is -2.22. The van der Waals surface area contributed by atoms with Gasteiger partial charge in [-0.15, -0.1) is 11.3 Å². The van der Waals surface area contributed by atoms with Crippen LogP contribution in [0.1, 0.15) is 29.3 Å². The number of thiophene rings is 1. The first-order valence-corrected chi connectivity index (χ1v) is 9.31. The van der Waals surface area contributed by atoms with Crippen LogP contribution in [-0.4, -0.2) is 28.7 Å². The van der Waals surface area contributed by atoms with E-state index in [2.05, 4.69) is 4.98 Å². The van der Waals surface area contributed by atoms with Crippen molar-refractivity contribution in [1.82, 2.24) is 9.55 Å². The number of hydrogen-bond donors (Lipinski definition) is 0. The minimum Gasteiger partial charge on any atom is -0.494 e. The van der Waals surface area contributed by atoms with Gasteiger partial charge in [-0.3, -0.25) is 9.36 Å². The summed E-state index contributed by atoms with van der Waals surface area (Å²) in [5.41, 5.74) is 1.24. The van der Waals surface area contributed by atoms with Crippen molar-refractivity contribution in [3.8, 4) is 5.75 Å². The molecule has 3 rings (SSSR count). The van der Waals surface area contributed by atoms with E-state index in [1.807, 2.05) is 31.2 Å². The highest BCUT2D eigenvalue weighted by molar-refractivity contribution is 7.17. The summed E-state index contributed by atoms with van der Waals surface area (Å²) in [4.78, 5) is 29.5. The van der Waals surface area contributed by atoms with Crippen molar-refractivity contribution in [1.29, 1.82) is 0 Å². The summed E-state index contributed by atoms with van der Waals surface area (Å²) in [6, 6.07) is 7.83. The molecule has 0 radical (unpaired) electrons. The van der Waals surface area contributed by atoms with Gasteiger partial charge in [-0.05, 0) is 32.4 Å². The van der Waals surface area contributed by atoms with Gasteiger partial charge in [0, 0.05) is 11.9 Å². The molecule has 0 fully saturated rings. The van der Waals surface area contributed by atoms with Crippen LogP contribution in [0.2, 0.25) is 0 Å². The molecule has 0 aliphatic carbocycles. The smallest absolute Gasteiger partial charge is 0.339 e. The van der Waals surface area contributed by atoms with Gasteiger partial charge in [0.2, 0.25) is 0 Å². The predicted molar refractivity (Wildman–Crippen MR) is 101 cm³/mol. The van der Waals surface area contributed by atoms with Gasteiger partial charge in [-0.2, -0.15) is 0 Å². The van der Waals surface area contributed by atoms with Crippen molar-refractivity contribution in [3.05, 3.63) is 57.5 Å². The fraction of sp³-hybridized carbons (Fsp3) is 0.316. The van der Waals surface area contributed by atoms with Crippen LogP contribution < -0.4 is 10.3 Å². The van der Waals surface area contributed by atoms with E-state index in [0.717, 1.165) is 5.75 Å². The molecule has 0 amide bonds. The molecule has 136 valence electrons. The molecule has 0 spiro atoms. The monoisotopic (exact) mass is 372 g/mol. The number of hydrogen-bond acceptors (Lipinski definition) is 6. The van der Waals surface area contributed by atoms with Crippen LogP contribution in [0.25, 0.3) is 10.2 Å². The molecule has 26 heavy (non-hydrogen) atoms.